The third kappa shape index (κ3) is 9.49. The fourth-order valence-corrected chi connectivity index (χ4v) is 9.75. The molecule has 0 saturated carbocycles. The van der Waals surface area contributed by atoms with Crippen molar-refractivity contribution in [3.05, 3.63) is 0 Å². The quantitative estimate of drug-likeness (QED) is 0.211. The van der Waals surface area contributed by atoms with Gasteiger partial charge in [-0.1, -0.05) is 21.6 Å². The van der Waals surface area contributed by atoms with Crippen LogP contribution in [-0.4, -0.2) is 71.8 Å². The van der Waals surface area contributed by atoms with E-state index in [2.05, 4.69) is 0 Å². The molecule has 140 valence electrons. The van der Waals surface area contributed by atoms with E-state index in [0.717, 1.165) is 36.4 Å². The zero-order chi connectivity index (χ0) is 17.6. The topological polar surface area (TPSA) is 55.4 Å². The molecule has 11 heteroatoms. The van der Waals surface area contributed by atoms with Crippen LogP contribution in [0.3, 0.4) is 0 Å². The van der Waals surface area contributed by atoms with Crippen LogP contribution in [0.1, 0.15) is 12.8 Å². The Hall–Kier alpha value is 1.24. The number of hydrogen-bond acceptors (Lipinski definition) is 9. The van der Waals surface area contributed by atoms with Crippen LogP contribution in [0.5, 0.6) is 0 Å². The SMILES string of the molecule is CO[Si](CCCSSSCCC[Si](OC)(OC)OC)(OC)OC. The lowest BCUT2D eigenvalue weighted by Gasteiger charge is -2.24. The van der Waals surface area contributed by atoms with Gasteiger partial charge in [0.05, 0.1) is 0 Å². The number of hydrogen-bond donors (Lipinski definition) is 0. The highest BCUT2D eigenvalue weighted by molar-refractivity contribution is 9.09. The fraction of sp³-hybridized carbons (Fsp3) is 1.00. The molecule has 0 rings (SSSR count). The predicted octanol–water partition coefficient (Wildman–Crippen LogP) is 3.55. The van der Waals surface area contributed by atoms with Crippen LogP contribution in [0, 0.1) is 0 Å². The van der Waals surface area contributed by atoms with Crippen LogP contribution >= 0.6 is 31.4 Å². The Morgan fingerprint density at radius 2 is 0.870 bits per heavy atom. The summed E-state index contributed by atoms with van der Waals surface area (Å²) in [6, 6.07) is 1.69. The summed E-state index contributed by atoms with van der Waals surface area (Å²) in [6.07, 6.45) is 2.04. The molecule has 0 spiro atoms. The molecule has 23 heavy (non-hydrogen) atoms. The van der Waals surface area contributed by atoms with Crippen molar-refractivity contribution in [3.63, 3.8) is 0 Å². The van der Waals surface area contributed by atoms with E-state index in [-0.39, 0.29) is 0 Å². The minimum absolute atomic E-state index is 0.846. The van der Waals surface area contributed by atoms with Crippen LogP contribution in [0.2, 0.25) is 12.1 Å². The summed E-state index contributed by atoms with van der Waals surface area (Å²) in [5.41, 5.74) is 0. The van der Waals surface area contributed by atoms with Crippen LogP contribution in [0.15, 0.2) is 0 Å². The third-order valence-electron chi connectivity index (χ3n) is 3.38. The zero-order valence-electron chi connectivity index (χ0n) is 14.9. The van der Waals surface area contributed by atoms with Gasteiger partial charge in [-0.15, -0.1) is 0 Å². The van der Waals surface area contributed by atoms with Crippen LogP contribution in [0.25, 0.3) is 0 Å². The van der Waals surface area contributed by atoms with Gasteiger partial charge in [0.1, 0.15) is 0 Å². The van der Waals surface area contributed by atoms with Crippen molar-refractivity contribution in [2.75, 3.05) is 54.2 Å². The van der Waals surface area contributed by atoms with Gasteiger partial charge < -0.3 is 26.6 Å². The predicted molar refractivity (Wildman–Crippen MR) is 105 cm³/mol. The van der Waals surface area contributed by atoms with E-state index in [4.69, 9.17) is 26.6 Å². The molecule has 0 unspecified atom stereocenters. The van der Waals surface area contributed by atoms with Gasteiger partial charge >= 0.3 is 17.6 Å². The maximum atomic E-state index is 5.40. The summed E-state index contributed by atoms with van der Waals surface area (Å²) in [7, 11) is 10.6. The van der Waals surface area contributed by atoms with E-state index >= 15 is 0 Å². The molecule has 0 amide bonds. The average Bonchev–Trinajstić information content (AvgIpc) is 2.61. The first-order valence-electron chi connectivity index (χ1n) is 7.29. The van der Waals surface area contributed by atoms with Crippen LogP contribution in [-0.2, 0) is 26.6 Å². The van der Waals surface area contributed by atoms with E-state index in [1.54, 1.807) is 42.7 Å². The molecule has 0 fully saturated rings. The Morgan fingerprint density at radius 1 is 0.565 bits per heavy atom. The maximum absolute atomic E-state index is 5.40. The molecule has 6 nitrogen and oxygen atoms in total. The Kier molecular flexibility index (Phi) is 15.2. The van der Waals surface area contributed by atoms with Crippen molar-refractivity contribution in [2.24, 2.45) is 0 Å². The van der Waals surface area contributed by atoms with Gasteiger partial charge in [-0.2, -0.15) is 0 Å². The van der Waals surface area contributed by atoms with Gasteiger partial charge in [-0.3, -0.25) is 0 Å². The Balaban J connectivity index is 3.64. The lowest BCUT2D eigenvalue weighted by atomic mass is 10.6. The molecule has 0 heterocycles. The molecule has 0 aliphatic heterocycles. The normalized spacial score (nSPS) is 12.8. The molecule has 0 saturated heterocycles. The lowest BCUT2D eigenvalue weighted by Crippen LogP contribution is -2.42. The first-order chi connectivity index (χ1) is 11.1. The van der Waals surface area contributed by atoms with Crippen LogP contribution in [0.4, 0.5) is 0 Å². The molecule has 0 aliphatic carbocycles. The van der Waals surface area contributed by atoms with E-state index in [1.165, 1.54) is 0 Å². The second-order valence-electron chi connectivity index (χ2n) is 4.51. The highest BCUT2D eigenvalue weighted by Crippen LogP contribution is 2.36. The zero-order valence-corrected chi connectivity index (χ0v) is 19.4. The van der Waals surface area contributed by atoms with Crippen LogP contribution < -0.4 is 0 Å². The smallest absolute Gasteiger partial charge is 0.377 e. The lowest BCUT2D eigenvalue weighted by molar-refractivity contribution is 0.123. The highest BCUT2D eigenvalue weighted by Gasteiger charge is 2.37. The summed E-state index contributed by atoms with van der Waals surface area (Å²) in [5, 5.41) is 0. The summed E-state index contributed by atoms with van der Waals surface area (Å²) in [5.74, 6) is 2.10. The first-order valence-corrected chi connectivity index (χ1v) is 15.0. The summed E-state index contributed by atoms with van der Waals surface area (Å²) in [6.45, 7) is 0. The molecule has 0 aliphatic rings. The number of rotatable bonds is 16. The Morgan fingerprint density at radius 3 is 1.13 bits per heavy atom. The van der Waals surface area contributed by atoms with Crippen molar-refractivity contribution in [2.45, 2.75) is 24.9 Å². The summed E-state index contributed by atoms with van der Waals surface area (Å²) >= 11 is 0. The van der Waals surface area contributed by atoms with E-state index < -0.39 is 17.6 Å². The van der Waals surface area contributed by atoms with E-state index in [9.17, 15) is 0 Å². The molecule has 0 bridgehead atoms. The Labute approximate surface area is 154 Å². The largest absolute Gasteiger partial charge is 0.500 e. The van der Waals surface area contributed by atoms with Crippen molar-refractivity contribution in [1.29, 1.82) is 0 Å². The van der Waals surface area contributed by atoms with Gasteiger partial charge in [0.25, 0.3) is 0 Å². The van der Waals surface area contributed by atoms with Crippen molar-refractivity contribution in [3.8, 4) is 0 Å². The van der Waals surface area contributed by atoms with Gasteiger partial charge in [-0.05, 0) is 22.7 Å². The fourth-order valence-electron chi connectivity index (χ4n) is 1.91. The molecular formula is C12H30O6S3Si2. The summed E-state index contributed by atoms with van der Waals surface area (Å²) in [4.78, 5) is 0. The molecule has 0 atom stereocenters. The molecule has 0 aromatic carbocycles. The molecule has 0 aromatic heterocycles. The highest BCUT2D eigenvalue weighted by atomic mass is 33.5. The second-order valence-corrected chi connectivity index (χ2v) is 15.2. The second kappa shape index (κ2) is 14.4. The molecule has 0 radical (unpaired) electrons. The van der Waals surface area contributed by atoms with E-state index in [1.807, 2.05) is 31.4 Å². The molecule has 0 aromatic rings. The third-order valence-corrected chi connectivity index (χ3v) is 13.5. The summed E-state index contributed by atoms with van der Waals surface area (Å²) < 4.78 is 32.4. The van der Waals surface area contributed by atoms with Gasteiger partial charge in [0.15, 0.2) is 0 Å². The monoisotopic (exact) mass is 422 g/mol. The average molecular weight is 423 g/mol. The minimum atomic E-state index is -2.40. The maximum Gasteiger partial charge on any atom is 0.500 e. The standard InChI is InChI=1S/C12H30O6S3Si2/c1-13-22(14-2,15-3)11-7-9-19-21-20-10-8-12-23(16-4,17-5)18-6/h7-12H2,1-6H3. The van der Waals surface area contributed by atoms with Crippen molar-refractivity contribution in [1.82, 2.24) is 0 Å². The first kappa shape index (κ1) is 24.2. The minimum Gasteiger partial charge on any atom is -0.377 e. The van der Waals surface area contributed by atoms with Gasteiger partial charge in [0, 0.05) is 66.3 Å². The van der Waals surface area contributed by atoms with Gasteiger partial charge in [0.2, 0.25) is 0 Å². The Bertz CT molecular complexity index is 241. The molecule has 0 N–H and O–H groups in total. The molecular weight excluding hydrogens is 392 g/mol. The van der Waals surface area contributed by atoms with Crippen molar-refractivity contribution < 1.29 is 26.6 Å². The van der Waals surface area contributed by atoms with E-state index in [0.29, 0.717) is 0 Å². The van der Waals surface area contributed by atoms with Crippen molar-refractivity contribution >= 4 is 49.0 Å². The van der Waals surface area contributed by atoms with Gasteiger partial charge in [-0.25, -0.2) is 0 Å².